The van der Waals surface area contributed by atoms with Crippen molar-refractivity contribution in [2.45, 2.75) is 6.42 Å². The molecule has 0 aromatic heterocycles. The average molecular weight is 168 g/mol. The van der Waals surface area contributed by atoms with Crippen LogP contribution in [0.3, 0.4) is 0 Å². The normalized spacial score (nSPS) is 10.1. The number of aromatic hydroxyl groups is 2. The fourth-order valence-electron chi connectivity index (χ4n) is 0.920. The molecule has 4 heteroatoms. The van der Waals surface area contributed by atoms with Crippen LogP contribution in [0.2, 0.25) is 0 Å². The van der Waals surface area contributed by atoms with Crippen LogP contribution in [0, 0.1) is 5.21 Å². The Kier molecular flexibility index (Phi) is 2.90. The molecule has 0 unspecified atom stereocenters. The van der Waals surface area contributed by atoms with Crippen LogP contribution in [0.1, 0.15) is 5.56 Å². The topological polar surface area (TPSA) is 75.5 Å². The highest BCUT2D eigenvalue weighted by molar-refractivity contribution is 5.40. The van der Waals surface area contributed by atoms with Crippen LogP contribution in [-0.2, 0) is 6.42 Å². The standard InChI is InChI=1S/C8H10NO3/c10-7-2-1-6(3-4-9-12)5-8(7)11/h1-2,5,9-11H,3-4H2/q-1. The first-order valence-corrected chi connectivity index (χ1v) is 3.60. The summed E-state index contributed by atoms with van der Waals surface area (Å²) in [5.74, 6) is -0.299. The van der Waals surface area contributed by atoms with Gasteiger partial charge in [-0.15, -0.1) is 0 Å². The van der Waals surface area contributed by atoms with Crippen molar-refractivity contribution in [1.82, 2.24) is 5.48 Å². The molecule has 0 aliphatic rings. The zero-order valence-corrected chi connectivity index (χ0v) is 6.45. The van der Waals surface area contributed by atoms with Gasteiger partial charge in [0, 0.05) is 0 Å². The van der Waals surface area contributed by atoms with Crippen LogP contribution in [0.25, 0.3) is 0 Å². The molecule has 0 amide bonds. The highest BCUT2D eigenvalue weighted by Gasteiger charge is 1.98. The van der Waals surface area contributed by atoms with Gasteiger partial charge in [-0.1, -0.05) is 6.07 Å². The molecule has 1 aromatic carbocycles. The lowest BCUT2D eigenvalue weighted by Gasteiger charge is -2.07. The predicted octanol–water partition coefficient (Wildman–Crippen LogP) is 0.728. The van der Waals surface area contributed by atoms with Gasteiger partial charge in [0.1, 0.15) is 0 Å². The minimum absolute atomic E-state index is 0.145. The second-order valence-electron chi connectivity index (χ2n) is 2.47. The molecule has 0 aliphatic heterocycles. The van der Waals surface area contributed by atoms with E-state index in [4.69, 9.17) is 10.2 Å². The Hall–Kier alpha value is -1.26. The molecule has 0 saturated carbocycles. The molecule has 1 aromatic rings. The van der Waals surface area contributed by atoms with E-state index in [9.17, 15) is 5.21 Å². The molecular formula is C8H10NO3-. The lowest BCUT2D eigenvalue weighted by atomic mass is 10.1. The summed E-state index contributed by atoms with van der Waals surface area (Å²) >= 11 is 0. The molecule has 0 aliphatic carbocycles. The average Bonchev–Trinajstić information content (AvgIpc) is 2.07. The van der Waals surface area contributed by atoms with Crippen LogP contribution < -0.4 is 5.48 Å². The number of phenolic OH excluding ortho intramolecular Hbond substituents is 2. The first-order chi connectivity index (χ1) is 5.74. The molecule has 4 nitrogen and oxygen atoms in total. The van der Waals surface area contributed by atoms with Crippen LogP contribution in [0.5, 0.6) is 11.5 Å². The number of phenols is 2. The second-order valence-corrected chi connectivity index (χ2v) is 2.47. The van der Waals surface area contributed by atoms with Gasteiger partial charge in [0.05, 0.1) is 0 Å². The third kappa shape index (κ3) is 2.11. The molecule has 0 spiro atoms. The molecular weight excluding hydrogens is 158 g/mol. The zero-order valence-electron chi connectivity index (χ0n) is 6.45. The molecule has 0 heterocycles. The molecule has 0 bridgehead atoms. The summed E-state index contributed by atoms with van der Waals surface area (Å²) in [5.41, 5.74) is 2.57. The Morgan fingerprint density at radius 1 is 1.25 bits per heavy atom. The molecule has 0 fully saturated rings. The first kappa shape index (κ1) is 8.83. The van der Waals surface area contributed by atoms with E-state index in [1.807, 2.05) is 0 Å². The molecule has 66 valence electrons. The minimum Gasteiger partial charge on any atom is -0.788 e. The van der Waals surface area contributed by atoms with Gasteiger partial charge in [0.25, 0.3) is 0 Å². The maximum atomic E-state index is 9.89. The monoisotopic (exact) mass is 168 g/mol. The third-order valence-corrected chi connectivity index (χ3v) is 1.56. The Labute approximate surface area is 70.0 Å². The van der Waals surface area contributed by atoms with Crippen LogP contribution in [0.4, 0.5) is 0 Å². The predicted molar refractivity (Wildman–Crippen MR) is 44.8 cm³/mol. The van der Waals surface area contributed by atoms with Crippen LogP contribution in [0.15, 0.2) is 18.2 Å². The summed E-state index contributed by atoms with van der Waals surface area (Å²) in [5, 5.41) is 27.9. The maximum absolute atomic E-state index is 9.89. The van der Waals surface area contributed by atoms with E-state index in [0.29, 0.717) is 13.0 Å². The molecule has 3 N–H and O–H groups in total. The summed E-state index contributed by atoms with van der Waals surface area (Å²) in [7, 11) is 0. The van der Waals surface area contributed by atoms with Gasteiger partial charge in [-0.25, -0.2) is 0 Å². The Bertz CT molecular complexity index is 262. The largest absolute Gasteiger partial charge is 0.788 e. The van der Waals surface area contributed by atoms with Crippen molar-refractivity contribution >= 4 is 0 Å². The number of rotatable bonds is 3. The summed E-state index contributed by atoms with van der Waals surface area (Å²) in [4.78, 5) is 0. The second kappa shape index (κ2) is 3.94. The minimum atomic E-state index is -0.154. The third-order valence-electron chi connectivity index (χ3n) is 1.56. The van der Waals surface area contributed by atoms with Gasteiger partial charge < -0.3 is 20.9 Å². The van der Waals surface area contributed by atoms with Crippen molar-refractivity contribution in [3.8, 4) is 11.5 Å². The van der Waals surface area contributed by atoms with Crippen LogP contribution >= 0.6 is 0 Å². The molecule has 0 saturated heterocycles. The fourth-order valence-corrected chi connectivity index (χ4v) is 0.920. The highest BCUT2D eigenvalue weighted by atomic mass is 16.5. The van der Waals surface area contributed by atoms with Gasteiger partial charge in [0.15, 0.2) is 11.5 Å². The Morgan fingerprint density at radius 2 is 2.00 bits per heavy atom. The lowest BCUT2D eigenvalue weighted by Crippen LogP contribution is -2.07. The van der Waals surface area contributed by atoms with E-state index in [-0.39, 0.29) is 11.5 Å². The first-order valence-electron chi connectivity index (χ1n) is 3.60. The number of benzene rings is 1. The van der Waals surface area contributed by atoms with Crippen LogP contribution in [-0.4, -0.2) is 16.8 Å². The SMILES string of the molecule is [O-]NCCc1ccc(O)c(O)c1. The fraction of sp³-hybridized carbons (Fsp3) is 0.250. The number of hydroxylamine groups is 1. The quantitative estimate of drug-likeness (QED) is 0.459. The van der Waals surface area contributed by atoms with Gasteiger partial charge in [-0.05, 0) is 30.7 Å². The smallest absolute Gasteiger partial charge is 0.157 e. The zero-order chi connectivity index (χ0) is 8.97. The van der Waals surface area contributed by atoms with Crippen molar-refractivity contribution in [3.63, 3.8) is 0 Å². The molecule has 0 atom stereocenters. The van der Waals surface area contributed by atoms with E-state index in [1.165, 1.54) is 12.1 Å². The Morgan fingerprint density at radius 3 is 2.58 bits per heavy atom. The summed E-state index contributed by atoms with van der Waals surface area (Å²) < 4.78 is 0. The summed E-state index contributed by atoms with van der Waals surface area (Å²) in [6, 6.07) is 4.49. The van der Waals surface area contributed by atoms with E-state index in [1.54, 1.807) is 11.5 Å². The number of hydrogen-bond acceptors (Lipinski definition) is 4. The molecule has 0 radical (unpaired) electrons. The van der Waals surface area contributed by atoms with E-state index in [2.05, 4.69) is 0 Å². The lowest BCUT2D eigenvalue weighted by molar-refractivity contribution is 0.403. The molecule has 1 rings (SSSR count). The maximum Gasteiger partial charge on any atom is 0.157 e. The summed E-state index contributed by atoms with van der Waals surface area (Å²) in [6.07, 6.45) is 0.539. The molecule has 12 heavy (non-hydrogen) atoms. The van der Waals surface area contributed by atoms with Crippen molar-refractivity contribution in [2.75, 3.05) is 6.54 Å². The number of nitrogens with one attached hydrogen (secondary N) is 1. The van der Waals surface area contributed by atoms with Gasteiger partial charge in [-0.3, -0.25) is 0 Å². The van der Waals surface area contributed by atoms with Gasteiger partial charge >= 0.3 is 0 Å². The number of hydrogen-bond donors (Lipinski definition) is 3. The van der Waals surface area contributed by atoms with Crippen molar-refractivity contribution in [2.24, 2.45) is 0 Å². The Balaban J connectivity index is 2.69. The summed E-state index contributed by atoms with van der Waals surface area (Å²) in [6.45, 7) is 0.310. The van der Waals surface area contributed by atoms with E-state index >= 15 is 0 Å². The van der Waals surface area contributed by atoms with Crippen molar-refractivity contribution in [1.29, 1.82) is 0 Å². The van der Waals surface area contributed by atoms with Crippen molar-refractivity contribution < 1.29 is 10.2 Å². The van der Waals surface area contributed by atoms with E-state index in [0.717, 1.165) is 5.56 Å². The highest BCUT2D eigenvalue weighted by Crippen LogP contribution is 2.24. The van der Waals surface area contributed by atoms with Crippen molar-refractivity contribution in [3.05, 3.63) is 29.0 Å². The van der Waals surface area contributed by atoms with E-state index < -0.39 is 0 Å². The van der Waals surface area contributed by atoms with Gasteiger partial charge in [0.2, 0.25) is 0 Å². The van der Waals surface area contributed by atoms with Gasteiger partial charge in [-0.2, -0.15) is 0 Å².